The molecule has 3 N–H and O–H groups in total. The number of anilines is 3. The van der Waals surface area contributed by atoms with Crippen molar-refractivity contribution in [2.45, 2.75) is 0 Å². The summed E-state index contributed by atoms with van der Waals surface area (Å²) in [5.74, 6) is -0.292. The van der Waals surface area contributed by atoms with Crippen LogP contribution >= 0.6 is 38.5 Å². The second kappa shape index (κ2) is 5.22. The van der Waals surface area contributed by atoms with Gasteiger partial charge >= 0.3 is 0 Å². The third kappa shape index (κ3) is 3.10. The molecule has 2 aromatic rings. The van der Waals surface area contributed by atoms with Gasteiger partial charge in [0.1, 0.15) is 5.82 Å². The average Bonchev–Trinajstić information content (AvgIpc) is 2.27. The van der Waals surface area contributed by atoms with Crippen molar-refractivity contribution in [2.75, 3.05) is 11.1 Å². The van der Waals surface area contributed by atoms with Crippen LogP contribution in [0.5, 0.6) is 0 Å². The number of hydrogen-bond donors (Lipinski definition) is 2. The smallest absolute Gasteiger partial charge is 0.125 e. The van der Waals surface area contributed by atoms with Crippen LogP contribution < -0.4 is 11.1 Å². The van der Waals surface area contributed by atoms with Crippen LogP contribution in [0.25, 0.3) is 0 Å². The van der Waals surface area contributed by atoms with E-state index in [4.69, 9.17) is 5.73 Å². The molecule has 0 saturated carbocycles. The number of benzene rings is 2. The Kier molecular flexibility index (Phi) is 3.88. The third-order valence-corrected chi connectivity index (χ3v) is 3.57. The molecule has 17 heavy (non-hydrogen) atoms. The maximum absolute atomic E-state index is 13.1. The Morgan fingerprint density at radius 3 is 2.59 bits per heavy atom. The number of hydrogen-bond acceptors (Lipinski definition) is 2. The molecular formula is C12H9BrFIN2. The highest BCUT2D eigenvalue weighted by Gasteiger charge is 2.05. The van der Waals surface area contributed by atoms with Crippen molar-refractivity contribution >= 4 is 55.6 Å². The van der Waals surface area contributed by atoms with Crippen LogP contribution in [0, 0.1) is 9.39 Å². The molecule has 88 valence electrons. The molecule has 2 nitrogen and oxygen atoms in total. The second-order valence-electron chi connectivity index (χ2n) is 3.48. The Balaban J connectivity index is 2.34. The van der Waals surface area contributed by atoms with Crippen molar-refractivity contribution in [1.29, 1.82) is 0 Å². The van der Waals surface area contributed by atoms with Gasteiger partial charge in [0.05, 0.1) is 17.1 Å². The predicted octanol–water partition coefficient (Wildman–Crippen LogP) is 4.52. The first kappa shape index (κ1) is 12.6. The standard InChI is InChI=1S/C12H9BrFIN2/c13-9-3-1-7(14)5-12(9)17-11-4-2-8(15)6-10(11)16/h1-6,17H,16H2. The summed E-state index contributed by atoms with van der Waals surface area (Å²) in [6.07, 6.45) is 0. The Morgan fingerprint density at radius 1 is 1.12 bits per heavy atom. The van der Waals surface area contributed by atoms with Crippen LogP contribution in [0.1, 0.15) is 0 Å². The van der Waals surface area contributed by atoms with Gasteiger partial charge in [-0.25, -0.2) is 4.39 Å². The molecule has 0 spiro atoms. The molecule has 5 heteroatoms. The first-order valence-electron chi connectivity index (χ1n) is 4.83. The van der Waals surface area contributed by atoms with E-state index in [-0.39, 0.29) is 5.82 Å². The summed E-state index contributed by atoms with van der Waals surface area (Å²) in [6.45, 7) is 0. The zero-order valence-electron chi connectivity index (χ0n) is 8.68. The van der Waals surface area contributed by atoms with Gasteiger partial charge in [0.15, 0.2) is 0 Å². The summed E-state index contributed by atoms with van der Waals surface area (Å²) < 4.78 is 15.0. The fourth-order valence-electron chi connectivity index (χ4n) is 1.39. The molecule has 2 aromatic carbocycles. The van der Waals surface area contributed by atoms with E-state index in [2.05, 4.69) is 43.8 Å². The Bertz CT molecular complexity index is 560. The molecule has 2 rings (SSSR count). The minimum Gasteiger partial charge on any atom is -0.397 e. The third-order valence-electron chi connectivity index (χ3n) is 2.21. The van der Waals surface area contributed by atoms with Gasteiger partial charge in [-0.1, -0.05) is 0 Å². The van der Waals surface area contributed by atoms with Crippen molar-refractivity contribution in [3.8, 4) is 0 Å². The van der Waals surface area contributed by atoms with E-state index in [9.17, 15) is 4.39 Å². The Morgan fingerprint density at radius 2 is 1.88 bits per heavy atom. The molecule has 0 aliphatic rings. The van der Waals surface area contributed by atoms with Crippen molar-refractivity contribution in [3.05, 3.63) is 50.3 Å². The monoisotopic (exact) mass is 406 g/mol. The SMILES string of the molecule is Nc1cc(I)ccc1Nc1cc(F)ccc1Br. The highest BCUT2D eigenvalue weighted by molar-refractivity contribution is 14.1. The van der Waals surface area contributed by atoms with E-state index in [1.807, 2.05) is 18.2 Å². The first-order valence-corrected chi connectivity index (χ1v) is 6.70. The molecular weight excluding hydrogens is 398 g/mol. The van der Waals surface area contributed by atoms with Gasteiger partial charge in [-0.05, 0) is 74.9 Å². The summed E-state index contributed by atoms with van der Waals surface area (Å²) in [5.41, 5.74) is 7.93. The lowest BCUT2D eigenvalue weighted by molar-refractivity contribution is 0.628. The summed E-state index contributed by atoms with van der Waals surface area (Å²) in [4.78, 5) is 0. The highest BCUT2D eigenvalue weighted by Crippen LogP contribution is 2.30. The van der Waals surface area contributed by atoms with Crippen LogP contribution in [-0.2, 0) is 0 Å². The second-order valence-corrected chi connectivity index (χ2v) is 5.58. The number of halogens is 3. The molecule has 0 radical (unpaired) electrons. The maximum Gasteiger partial charge on any atom is 0.125 e. The van der Waals surface area contributed by atoms with Crippen LogP contribution in [0.4, 0.5) is 21.5 Å². The molecule has 0 amide bonds. The van der Waals surface area contributed by atoms with E-state index in [1.165, 1.54) is 12.1 Å². The van der Waals surface area contributed by atoms with Gasteiger partial charge in [-0.3, -0.25) is 0 Å². The van der Waals surface area contributed by atoms with Gasteiger partial charge in [0, 0.05) is 8.04 Å². The topological polar surface area (TPSA) is 38.0 Å². The number of nitrogens with one attached hydrogen (secondary N) is 1. The van der Waals surface area contributed by atoms with E-state index in [1.54, 1.807) is 6.07 Å². The van der Waals surface area contributed by atoms with Crippen LogP contribution in [0.3, 0.4) is 0 Å². The lowest BCUT2D eigenvalue weighted by atomic mass is 10.2. The van der Waals surface area contributed by atoms with Gasteiger partial charge < -0.3 is 11.1 Å². The summed E-state index contributed by atoms with van der Waals surface area (Å²) in [7, 11) is 0. The molecule has 0 aliphatic carbocycles. The zero-order chi connectivity index (χ0) is 12.4. The molecule has 0 fully saturated rings. The normalized spacial score (nSPS) is 10.3. The molecule has 0 saturated heterocycles. The molecule has 0 atom stereocenters. The quantitative estimate of drug-likeness (QED) is 0.568. The zero-order valence-corrected chi connectivity index (χ0v) is 12.4. The van der Waals surface area contributed by atoms with Crippen molar-refractivity contribution < 1.29 is 4.39 Å². The molecule has 0 heterocycles. The molecule has 0 aliphatic heterocycles. The Labute approximate surface area is 121 Å². The fourth-order valence-corrected chi connectivity index (χ4v) is 2.25. The maximum atomic E-state index is 13.1. The van der Waals surface area contributed by atoms with Gasteiger partial charge in [-0.15, -0.1) is 0 Å². The predicted molar refractivity (Wildman–Crippen MR) is 81.0 cm³/mol. The molecule has 0 bridgehead atoms. The fraction of sp³-hybridized carbons (Fsp3) is 0. The number of nitrogens with two attached hydrogens (primary N) is 1. The largest absolute Gasteiger partial charge is 0.397 e. The van der Waals surface area contributed by atoms with Crippen molar-refractivity contribution in [2.24, 2.45) is 0 Å². The van der Waals surface area contributed by atoms with E-state index >= 15 is 0 Å². The Hall–Kier alpha value is -0.820. The van der Waals surface area contributed by atoms with E-state index in [0.717, 1.165) is 13.7 Å². The summed E-state index contributed by atoms with van der Waals surface area (Å²) in [6, 6.07) is 10.1. The molecule has 0 aromatic heterocycles. The van der Waals surface area contributed by atoms with Crippen molar-refractivity contribution in [3.63, 3.8) is 0 Å². The number of rotatable bonds is 2. The van der Waals surface area contributed by atoms with E-state index in [0.29, 0.717) is 11.4 Å². The average molecular weight is 407 g/mol. The van der Waals surface area contributed by atoms with Crippen LogP contribution in [-0.4, -0.2) is 0 Å². The summed E-state index contributed by atoms with van der Waals surface area (Å²) >= 11 is 5.54. The first-order chi connectivity index (χ1) is 8.06. The lowest BCUT2D eigenvalue weighted by Crippen LogP contribution is -1.97. The molecule has 0 unspecified atom stereocenters. The van der Waals surface area contributed by atoms with Gasteiger partial charge in [-0.2, -0.15) is 0 Å². The van der Waals surface area contributed by atoms with Gasteiger partial charge in [0.25, 0.3) is 0 Å². The highest BCUT2D eigenvalue weighted by atomic mass is 127. The van der Waals surface area contributed by atoms with Crippen LogP contribution in [0.2, 0.25) is 0 Å². The minimum absolute atomic E-state index is 0.292. The lowest BCUT2D eigenvalue weighted by Gasteiger charge is -2.11. The van der Waals surface area contributed by atoms with E-state index < -0.39 is 0 Å². The summed E-state index contributed by atoms with van der Waals surface area (Å²) in [5, 5.41) is 3.09. The number of nitrogen functional groups attached to an aromatic ring is 1. The van der Waals surface area contributed by atoms with Crippen LogP contribution in [0.15, 0.2) is 40.9 Å². The van der Waals surface area contributed by atoms with Crippen molar-refractivity contribution in [1.82, 2.24) is 0 Å². The minimum atomic E-state index is -0.292. The van der Waals surface area contributed by atoms with Gasteiger partial charge in [0.2, 0.25) is 0 Å².